The molecule has 0 unspecified atom stereocenters. The quantitative estimate of drug-likeness (QED) is 0.822. The van der Waals surface area contributed by atoms with Gasteiger partial charge in [0.2, 0.25) is 5.91 Å². The number of ether oxygens (including phenoxy) is 1. The Kier molecular flexibility index (Phi) is 5.79. The lowest BCUT2D eigenvalue weighted by molar-refractivity contribution is -0.152. The van der Waals surface area contributed by atoms with E-state index in [9.17, 15) is 9.59 Å². The first-order chi connectivity index (χ1) is 10.2. The summed E-state index contributed by atoms with van der Waals surface area (Å²) in [5, 5.41) is 5.00. The van der Waals surface area contributed by atoms with E-state index in [2.05, 4.69) is 11.4 Å². The minimum absolute atomic E-state index is 0.0427. The highest BCUT2D eigenvalue weighted by Crippen LogP contribution is 2.29. The van der Waals surface area contributed by atoms with Crippen molar-refractivity contribution >= 4 is 23.2 Å². The van der Waals surface area contributed by atoms with E-state index in [0.29, 0.717) is 19.3 Å². The molecule has 0 saturated heterocycles. The zero-order valence-electron chi connectivity index (χ0n) is 12.5. The van der Waals surface area contributed by atoms with Crippen molar-refractivity contribution in [2.24, 2.45) is 0 Å². The highest BCUT2D eigenvalue weighted by Gasteiger charge is 2.41. The second kappa shape index (κ2) is 7.59. The van der Waals surface area contributed by atoms with Crippen LogP contribution in [0.2, 0.25) is 0 Å². The molecule has 2 rings (SSSR count). The molecule has 1 N–H and O–H groups in total. The molecule has 0 atom stereocenters. The van der Waals surface area contributed by atoms with Crippen molar-refractivity contribution in [1.82, 2.24) is 5.32 Å². The van der Waals surface area contributed by atoms with Crippen LogP contribution in [-0.2, 0) is 20.7 Å². The van der Waals surface area contributed by atoms with E-state index in [1.165, 1.54) is 12.0 Å². The molecule has 116 valence electrons. The number of nitrogens with one attached hydrogen (secondary N) is 1. The van der Waals surface area contributed by atoms with Crippen molar-refractivity contribution in [3.05, 3.63) is 22.4 Å². The Morgan fingerprint density at radius 3 is 2.71 bits per heavy atom. The second-order valence-corrected chi connectivity index (χ2v) is 6.65. The molecule has 1 aliphatic rings. The van der Waals surface area contributed by atoms with Crippen molar-refractivity contribution in [1.29, 1.82) is 0 Å². The van der Waals surface area contributed by atoms with Gasteiger partial charge in [0.25, 0.3) is 0 Å². The lowest BCUT2D eigenvalue weighted by Crippen LogP contribution is -2.56. The predicted molar refractivity (Wildman–Crippen MR) is 83.2 cm³/mol. The molecule has 4 nitrogen and oxygen atoms in total. The molecule has 1 aliphatic carbocycles. The van der Waals surface area contributed by atoms with Crippen molar-refractivity contribution in [3.8, 4) is 0 Å². The molecule has 5 heteroatoms. The number of rotatable bonds is 6. The van der Waals surface area contributed by atoms with E-state index in [0.717, 1.165) is 32.1 Å². The maximum atomic E-state index is 12.1. The molecule has 21 heavy (non-hydrogen) atoms. The van der Waals surface area contributed by atoms with Gasteiger partial charge in [0, 0.05) is 11.3 Å². The molecule has 1 fully saturated rings. The average Bonchev–Trinajstić information content (AvgIpc) is 3.00. The fourth-order valence-corrected chi connectivity index (χ4v) is 3.69. The molecular weight excluding hydrogens is 286 g/mol. The van der Waals surface area contributed by atoms with Gasteiger partial charge >= 0.3 is 5.97 Å². The molecule has 1 aromatic rings. The molecule has 0 radical (unpaired) electrons. The van der Waals surface area contributed by atoms with Crippen molar-refractivity contribution in [2.75, 3.05) is 7.11 Å². The van der Waals surface area contributed by atoms with Crippen LogP contribution in [0.25, 0.3) is 0 Å². The Morgan fingerprint density at radius 1 is 1.33 bits per heavy atom. The van der Waals surface area contributed by atoms with Gasteiger partial charge in [0.1, 0.15) is 5.54 Å². The van der Waals surface area contributed by atoms with E-state index in [1.807, 2.05) is 11.4 Å². The van der Waals surface area contributed by atoms with Crippen LogP contribution in [0.1, 0.15) is 49.8 Å². The average molecular weight is 309 g/mol. The summed E-state index contributed by atoms with van der Waals surface area (Å²) in [6, 6.07) is 4.11. The summed E-state index contributed by atoms with van der Waals surface area (Å²) in [6.45, 7) is 0. The van der Waals surface area contributed by atoms with Gasteiger partial charge in [0.05, 0.1) is 7.11 Å². The van der Waals surface area contributed by atoms with Crippen LogP contribution in [0, 0.1) is 0 Å². The third-order valence-electron chi connectivity index (χ3n) is 4.07. The topological polar surface area (TPSA) is 55.4 Å². The Bertz CT molecular complexity index is 464. The lowest BCUT2D eigenvalue weighted by atomic mass is 9.81. The number of esters is 1. The number of methoxy groups -OCH3 is 1. The second-order valence-electron chi connectivity index (χ2n) is 5.62. The summed E-state index contributed by atoms with van der Waals surface area (Å²) in [4.78, 5) is 25.5. The number of aryl methyl sites for hydroxylation is 1. The Morgan fingerprint density at radius 2 is 2.10 bits per heavy atom. The van der Waals surface area contributed by atoms with Crippen LogP contribution < -0.4 is 5.32 Å². The van der Waals surface area contributed by atoms with Gasteiger partial charge in [-0.3, -0.25) is 4.79 Å². The molecular formula is C16H23NO3S. The summed E-state index contributed by atoms with van der Waals surface area (Å²) in [5.41, 5.74) is -0.785. The van der Waals surface area contributed by atoms with Gasteiger partial charge in [-0.15, -0.1) is 11.3 Å². The van der Waals surface area contributed by atoms with Gasteiger partial charge in [-0.05, 0) is 37.1 Å². The standard InChI is InChI=1S/C16H23NO3S/c1-20-15(19)16(10-3-2-4-11-16)17-14(18)9-5-7-13-8-6-12-21-13/h6,8,12H,2-5,7,9-11H2,1H3,(H,17,18). The molecule has 1 amide bonds. The van der Waals surface area contributed by atoms with Crippen molar-refractivity contribution in [2.45, 2.75) is 56.9 Å². The zero-order valence-corrected chi connectivity index (χ0v) is 13.3. The van der Waals surface area contributed by atoms with Crippen LogP contribution in [0.4, 0.5) is 0 Å². The van der Waals surface area contributed by atoms with Gasteiger partial charge in [-0.2, -0.15) is 0 Å². The Labute approximate surface area is 129 Å². The molecule has 0 aliphatic heterocycles. The van der Waals surface area contributed by atoms with Gasteiger partial charge in [-0.25, -0.2) is 4.79 Å². The van der Waals surface area contributed by atoms with Crippen LogP contribution >= 0.6 is 11.3 Å². The summed E-state index contributed by atoms with van der Waals surface area (Å²) in [5.74, 6) is -0.340. The highest BCUT2D eigenvalue weighted by molar-refractivity contribution is 7.09. The minimum Gasteiger partial charge on any atom is -0.467 e. The van der Waals surface area contributed by atoms with E-state index >= 15 is 0 Å². The molecule has 1 heterocycles. The maximum absolute atomic E-state index is 12.1. The summed E-state index contributed by atoms with van der Waals surface area (Å²) >= 11 is 1.71. The van der Waals surface area contributed by atoms with E-state index in [1.54, 1.807) is 11.3 Å². The van der Waals surface area contributed by atoms with Crippen molar-refractivity contribution in [3.63, 3.8) is 0 Å². The first kappa shape index (κ1) is 16.0. The van der Waals surface area contributed by atoms with Crippen LogP contribution in [0.3, 0.4) is 0 Å². The highest BCUT2D eigenvalue weighted by atomic mass is 32.1. The minimum atomic E-state index is -0.785. The third kappa shape index (κ3) is 4.30. The fraction of sp³-hybridized carbons (Fsp3) is 0.625. The molecule has 0 bridgehead atoms. The first-order valence-electron chi connectivity index (χ1n) is 7.58. The summed E-state index contributed by atoms with van der Waals surface area (Å²) < 4.78 is 4.91. The number of carbonyl (C=O) groups excluding carboxylic acids is 2. The largest absolute Gasteiger partial charge is 0.467 e. The zero-order chi connectivity index (χ0) is 15.1. The summed E-state index contributed by atoms with van der Waals surface area (Å²) in [7, 11) is 1.39. The predicted octanol–water partition coefficient (Wildman–Crippen LogP) is 3.06. The van der Waals surface area contributed by atoms with Gasteiger partial charge in [-0.1, -0.05) is 25.3 Å². The number of hydrogen-bond donors (Lipinski definition) is 1. The number of hydrogen-bond acceptors (Lipinski definition) is 4. The maximum Gasteiger partial charge on any atom is 0.331 e. The lowest BCUT2D eigenvalue weighted by Gasteiger charge is -2.35. The molecule has 1 aromatic heterocycles. The van der Waals surface area contributed by atoms with E-state index < -0.39 is 5.54 Å². The van der Waals surface area contributed by atoms with E-state index in [-0.39, 0.29) is 11.9 Å². The first-order valence-corrected chi connectivity index (χ1v) is 8.46. The van der Waals surface area contributed by atoms with Gasteiger partial charge in [0.15, 0.2) is 0 Å². The van der Waals surface area contributed by atoms with Crippen LogP contribution in [-0.4, -0.2) is 24.5 Å². The third-order valence-corrected chi connectivity index (χ3v) is 5.01. The number of thiophene rings is 1. The van der Waals surface area contributed by atoms with Crippen molar-refractivity contribution < 1.29 is 14.3 Å². The Hall–Kier alpha value is -1.36. The van der Waals surface area contributed by atoms with Crippen LogP contribution in [0.15, 0.2) is 17.5 Å². The van der Waals surface area contributed by atoms with E-state index in [4.69, 9.17) is 4.74 Å². The van der Waals surface area contributed by atoms with Gasteiger partial charge < -0.3 is 10.1 Å². The Balaban J connectivity index is 1.84. The smallest absolute Gasteiger partial charge is 0.331 e. The monoisotopic (exact) mass is 309 g/mol. The molecule has 0 aromatic carbocycles. The van der Waals surface area contributed by atoms with Crippen LogP contribution in [0.5, 0.6) is 0 Å². The fourth-order valence-electron chi connectivity index (χ4n) is 2.94. The normalized spacial score (nSPS) is 17.2. The molecule has 1 saturated carbocycles. The SMILES string of the molecule is COC(=O)C1(NC(=O)CCCc2cccs2)CCCCC1. The summed E-state index contributed by atoms with van der Waals surface area (Å²) in [6.07, 6.45) is 6.60. The number of carbonyl (C=O) groups is 2. The molecule has 0 spiro atoms. The number of amides is 1.